The van der Waals surface area contributed by atoms with Gasteiger partial charge in [0.15, 0.2) is 0 Å². The van der Waals surface area contributed by atoms with Crippen LogP contribution in [0.3, 0.4) is 0 Å². The van der Waals surface area contributed by atoms with E-state index in [1.54, 1.807) is 39.0 Å². The number of methoxy groups -OCH3 is 1. The highest BCUT2D eigenvalue weighted by Crippen LogP contribution is 2.30. The molecule has 0 aliphatic carbocycles. The highest BCUT2D eigenvalue weighted by Gasteiger charge is 2.52. The van der Waals surface area contributed by atoms with Gasteiger partial charge in [-0.05, 0) is 52.2 Å². The van der Waals surface area contributed by atoms with E-state index in [-0.39, 0.29) is 24.4 Å². The smallest absolute Gasteiger partial charge is 0.410 e. The summed E-state index contributed by atoms with van der Waals surface area (Å²) in [7, 11) is 1.03. The van der Waals surface area contributed by atoms with Crippen molar-refractivity contribution in [3.8, 4) is 0 Å². The molecule has 0 saturated carbocycles. The van der Waals surface area contributed by atoms with Crippen LogP contribution in [0.5, 0.6) is 0 Å². The molecular weight excluding hydrogens is 406 g/mol. The second kappa shape index (κ2) is 9.80. The van der Waals surface area contributed by atoms with Crippen molar-refractivity contribution in [1.82, 2.24) is 4.90 Å². The molecule has 1 aliphatic heterocycles. The van der Waals surface area contributed by atoms with Crippen LogP contribution in [0.25, 0.3) is 0 Å². The first kappa shape index (κ1) is 24.2. The lowest BCUT2D eigenvalue weighted by molar-refractivity contribution is -0.180. The molecule has 1 aliphatic rings. The third kappa shape index (κ3) is 5.96. The maximum absolute atomic E-state index is 12.5. The maximum atomic E-state index is 12.5. The first-order valence-corrected chi connectivity index (χ1v) is 10.1. The van der Waals surface area contributed by atoms with E-state index in [0.29, 0.717) is 19.4 Å². The van der Waals surface area contributed by atoms with E-state index in [0.717, 1.165) is 7.11 Å². The molecule has 0 radical (unpaired) electrons. The predicted octanol–water partition coefficient (Wildman–Crippen LogP) is 3.02. The van der Waals surface area contributed by atoms with Gasteiger partial charge in [-0.1, -0.05) is 18.2 Å². The number of aliphatic carboxylic acids is 1. The lowest BCUT2D eigenvalue weighted by atomic mass is 9.93. The van der Waals surface area contributed by atoms with E-state index in [1.807, 2.05) is 0 Å². The number of carboxylic acid groups (broad SMARTS) is 1. The first-order valence-electron chi connectivity index (χ1n) is 10.1. The Hall–Kier alpha value is -3.10. The van der Waals surface area contributed by atoms with Gasteiger partial charge in [0.05, 0.1) is 12.7 Å². The van der Waals surface area contributed by atoms with Crippen molar-refractivity contribution in [2.45, 2.75) is 63.7 Å². The van der Waals surface area contributed by atoms with Crippen LogP contribution >= 0.6 is 0 Å². The number of hydrogen-bond acceptors (Lipinski definition) is 7. The molecule has 0 spiro atoms. The van der Waals surface area contributed by atoms with Gasteiger partial charge in [0.25, 0.3) is 0 Å². The Balaban J connectivity index is 2.21. The minimum atomic E-state index is -2.52. The Kier molecular flexibility index (Phi) is 7.65. The first-order chi connectivity index (χ1) is 14.5. The van der Waals surface area contributed by atoms with E-state index in [9.17, 15) is 24.3 Å². The van der Waals surface area contributed by atoms with Crippen LogP contribution in [0.1, 0.15) is 56.8 Å². The molecule has 1 saturated heterocycles. The average Bonchev–Trinajstić information content (AvgIpc) is 3.18. The minimum Gasteiger partial charge on any atom is -0.478 e. The fourth-order valence-corrected chi connectivity index (χ4v) is 3.46. The highest BCUT2D eigenvalue weighted by atomic mass is 16.6. The lowest BCUT2D eigenvalue weighted by Crippen LogP contribution is -2.52. The van der Waals surface area contributed by atoms with Gasteiger partial charge in [0.1, 0.15) is 5.60 Å². The molecule has 31 heavy (non-hydrogen) atoms. The van der Waals surface area contributed by atoms with Gasteiger partial charge >= 0.3 is 29.6 Å². The summed E-state index contributed by atoms with van der Waals surface area (Å²) >= 11 is 0. The average molecular weight is 435 g/mol. The summed E-state index contributed by atoms with van der Waals surface area (Å²) in [6, 6.07) is 7.42. The minimum absolute atomic E-state index is 0.105. The van der Waals surface area contributed by atoms with Crippen molar-refractivity contribution >= 4 is 24.0 Å². The largest absolute Gasteiger partial charge is 0.478 e. The topological polar surface area (TPSA) is 119 Å². The van der Waals surface area contributed by atoms with Gasteiger partial charge in [-0.3, -0.25) is 0 Å². The second-order valence-corrected chi connectivity index (χ2v) is 8.39. The number of carbonyl (C=O) groups is 4. The van der Waals surface area contributed by atoms with Crippen LogP contribution in [0.4, 0.5) is 4.79 Å². The van der Waals surface area contributed by atoms with Gasteiger partial charge in [0.2, 0.25) is 0 Å². The van der Waals surface area contributed by atoms with Crippen molar-refractivity contribution in [2.75, 3.05) is 13.7 Å². The second-order valence-electron chi connectivity index (χ2n) is 8.39. The Morgan fingerprint density at radius 3 is 2.29 bits per heavy atom. The number of hydrogen-bond donors (Lipinski definition) is 1. The molecule has 9 nitrogen and oxygen atoms in total. The predicted molar refractivity (Wildman–Crippen MR) is 109 cm³/mol. The normalized spacial score (nSPS) is 18.1. The van der Waals surface area contributed by atoms with Crippen molar-refractivity contribution < 1.29 is 38.5 Å². The molecule has 1 fully saturated rings. The van der Waals surface area contributed by atoms with Crippen LogP contribution in [0, 0.1) is 0 Å². The number of nitrogens with zero attached hydrogens (tertiary/aromatic N) is 1. The molecule has 1 unspecified atom stereocenters. The zero-order chi connectivity index (χ0) is 23.2. The molecule has 9 heteroatoms. The van der Waals surface area contributed by atoms with Crippen LogP contribution < -0.4 is 0 Å². The number of carbonyl (C=O) groups excluding carboxylic acids is 3. The molecule has 2 rings (SSSR count). The summed E-state index contributed by atoms with van der Waals surface area (Å²) in [5, 5.41) is 9.84. The third-order valence-corrected chi connectivity index (χ3v) is 4.97. The summed E-state index contributed by atoms with van der Waals surface area (Å²) in [4.78, 5) is 51.1. The molecule has 0 aromatic heterocycles. The van der Waals surface area contributed by atoms with Gasteiger partial charge < -0.3 is 24.2 Å². The zero-order valence-electron chi connectivity index (χ0n) is 18.3. The molecule has 1 heterocycles. The van der Waals surface area contributed by atoms with Gasteiger partial charge in [-0.2, -0.15) is 0 Å². The van der Waals surface area contributed by atoms with Crippen LogP contribution in [0.15, 0.2) is 30.3 Å². The third-order valence-electron chi connectivity index (χ3n) is 4.97. The summed E-state index contributed by atoms with van der Waals surface area (Å²) in [6.07, 6.45) is 0.588. The molecule has 170 valence electrons. The molecule has 2 atom stereocenters. The van der Waals surface area contributed by atoms with Crippen molar-refractivity contribution in [3.63, 3.8) is 0 Å². The number of likely N-dealkylation sites (tertiary alicyclic amines) is 1. The number of ether oxygens (including phenoxy) is 3. The molecule has 1 amide bonds. The zero-order valence-corrected chi connectivity index (χ0v) is 18.3. The van der Waals surface area contributed by atoms with E-state index < -0.39 is 35.2 Å². The SMILES string of the molecule is COC(=O)[C@](CCC1CCCN1C(=O)OC(C)(C)C)(OC(=O)c1ccccc1)C(=O)O. The standard InChI is InChI=1S/C22H29NO8/c1-21(2,3)31-20(28)23-14-8-11-16(23)12-13-22(18(25)26,19(27)29-4)30-17(24)15-9-6-5-7-10-15/h5-7,9-10,16H,8,11-14H2,1-4H3,(H,25,26)/t16?,22-/m1/s1. The van der Waals surface area contributed by atoms with Crippen LogP contribution in [0.2, 0.25) is 0 Å². The number of carboxylic acids is 1. The number of esters is 2. The fourth-order valence-electron chi connectivity index (χ4n) is 3.46. The summed E-state index contributed by atoms with van der Waals surface area (Å²) < 4.78 is 15.3. The monoisotopic (exact) mass is 435 g/mol. The Bertz CT molecular complexity index is 817. The highest BCUT2D eigenvalue weighted by molar-refractivity contribution is 6.06. The number of amides is 1. The molecule has 0 bridgehead atoms. The van der Waals surface area contributed by atoms with Gasteiger partial charge in [-0.15, -0.1) is 0 Å². The van der Waals surface area contributed by atoms with E-state index in [4.69, 9.17) is 9.47 Å². The summed E-state index contributed by atoms with van der Waals surface area (Å²) in [5.74, 6) is -3.78. The fraction of sp³-hybridized carbons (Fsp3) is 0.545. The number of benzene rings is 1. The van der Waals surface area contributed by atoms with Gasteiger partial charge in [0, 0.05) is 19.0 Å². The quantitative estimate of drug-likeness (QED) is 0.394. The molecule has 1 aromatic carbocycles. The number of rotatable bonds is 7. The Labute approximate surface area is 181 Å². The summed E-state index contributed by atoms with van der Waals surface area (Å²) in [6.45, 7) is 5.73. The molecular formula is C22H29NO8. The maximum Gasteiger partial charge on any atom is 0.410 e. The van der Waals surface area contributed by atoms with Crippen LogP contribution in [-0.4, -0.2) is 64.9 Å². The van der Waals surface area contributed by atoms with E-state index in [1.165, 1.54) is 17.0 Å². The van der Waals surface area contributed by atoms with Crippen molar-refractivity contribution in [2.24, 2.45) is 0 Å². The molecule has 1 aromatic rings. The van der Waals surface area contributed by atoms with Gasteiger partial charge in [-0.25, -0.2) is 19.2 Å². The van der Waals surface area contributed by atoms with Crippen molar-refractivity contribution in [1.29, 1.82) is 0 Å². The van der Waals surface area contributed by atoms with Crippen LogP contribution in [-0.2, 0) is 23.8 Å². The Morgan fingerprint density at radius 1 is 1.10 bits per heavy atom. The van der Waals surface area contributed by atoms with E-state index in [2.05, 4.69) is 4.74 Å². The van der Waals surface area contributed by atoms with E-state index >= 15 is 0 Å². The summed E-state index contributed by atoms with van der Waals surface area (Å²) in [5.41, 5.74) is -3.09. The Morgan fingerprint density at radius 2 is 1.74 bits per heavy atom. The molecule has 1 N–H and O–H groups in total. The lowest BCUT2D eigenvalue weighted by Gasteiger charge is -2.31. The van der Waals surface area contributed by atoms with Crippen molar-refractivity contribution in [3.05, 3.63) is 35.9 Å².